The summed E-state index contributed by atoms with van der Waals surface area (Å²) in [5, 5.41) is 6.25. The van der Waals surface area contributed by atoms with Crippen molar-refractivity contribution in [3.05, 3.63) is 24.2 Å². The van der Waals surface area contributed by atoms with Crippen LogP contribution >= 0.6 is 0 Å². The molecule has 0 aromatic carbocycles. The molecule has 0 spiro atoms. The minimum absolute atomic E-state index is 0.115. The van der Waals surface area contributed by atoms with E-state index in [-0.39, 0.29) is 18.2 Å². The number of carbonyl (C=O) groups is 1. The Labute approximate surface area is 138 Å². The molecule has 0 saturated carbocycles. The van der Waals surface area contributed by atoms with Gasteiger partial charge in [0.25, 0.3) is 0 Å². The number of ether oxygens (including phenoxy) is 2. The zero-order valence-electron chi connectivity index (χ0n) is 14.8. The van der Waals surface area contributed by atoms with E-state index >= 15 is 0 Å². The van der Waals surface area contributed by atoms with E-state index in [9.17, 15) is 4.79 Å². The summed E-state index contributed by atoms with van der Waals surface area (Å²) in [6.07, 6.45) is 3.02. The van der Waals surface area contributed by atoms with Crippen molar-refractivity contribution >= 4 is 6.09 Å². The fourth-order valence-electron chi connectivity index (χ4n) is 2.24. The summed E-state index contributed by atoms with van der Waals surface area (Å²) in [6.45, 7) is 8.79. The van der Waals surface area contributed by atoms with Gasteiger partial charge in [0.2, 0.25) is 0 Å². The summed E-state index contributed by atoms with van der Waals surface area (Å²) < 4.78 is 15.9. The van der Waals surface area contributed by atoms with E-state index in [1.165, 1.54) is 0 Å². The Kier molecular flexibility index (Phi) is 8.12. The first kappa shape index (κ1) is 19.5. The van der Waals surface area contributed by atoms with Crippen molar-refractivity contribution < 1.29 is 18.7 Å². The number of carbonyl (C=O) groups excluding carboxylic acids is 1. The van der Waals surface area contributed by atoms with Gasteiger partial charge in [0.15, 0.2) is 0 Å². The molecule has 2 atom stereocenters. The Morgan fingerprint density at radius 1 is 1.39 bits per heavy atom. The molecule has 2 N–H and O–H groups in total. The van der Waals surface area contributed by atoms with E-state index in [2.05, 4.69) is 17.6 Å². The summed E-state index contributed by atoms with van der Waals surface area (Å²) in [5.74, 6) is 0.901. The molecule has 6 nitrogen and oxygen atoms in total. The fraction of sp³-hybridized carbons (Fsp3) is 0.706. The van der Waals surface area contributed by atoms with Gasteiger partial charge in [-0.15, -0.1) is 0 Å². The highest BCUT2D eigenvalue weighted by molar-refractivity contribution is 5.67. The molecule has 1 aromatic rings. The number of alkyl carbamates (subject to hydrolysis) is 1. The Balaban J connectivity index is 2.29. The maximum Gasteiger partial charge on any atom is 0.407 e. The van der Waals surface area contributed by atoms with Gasteiger partial charge in [-0.2, -0.15) is 0 Å². The van der Waals surface area contributed by atoms with Crippen LogP contribution < -0.4 is 10.6 Å². The predicted octanol–water partition coefficient (Wildman–Crippen LogP) is 3.25. The molecule has 0 aliphatic heterocycles. The number of nitrogens with one attached hydrogen (secondary N) is 2. The van der Waals surface area contributed by atoms with Crippen molar-refractivity contribution in [2.24, 2.45) is 0 Å². The molecule has 0 radical (unpaired) electrons. The summed E-state index contributed by atoms with van der Waals surface area (Å²) in [6, 6.07) is 4.14. The lowest BCUT2D eigenvalue weighted by molar-refractivity contribution is 0.0526. The van der Waals surface area contributed by atoms with E-state index in [4.69, 9.17) is 13.9 Å². The van der Waals surface area contributed by atoms with Gasteiger partial charge in [-0.05, 0) is 52.7 Å². The van der Waals surface area contributed by atoms with Crippen LogP contribution in [0.4, 0.5) is 4.79 Å². The highest BCUT2D eigenvalue weighted by Gasteiger charge is 2.17. The van der Waals surface area contributed by atoms with Crippen molar-refractivity contribution in [1.82, 2.24) is 10.6 Å². The van der Waals surface area contributed by atoms with Gasteiger partial charge in [0, 0.05) is 19.7 Å². The van der Waals surface area contributed by atoms with Crippen LogP contribution in [-0.2, 0) is 9.47 Å². The SMILES string of the molecule is COCC(CCCNC(=O)OC(C)(C)C)N[C@H](C)c1ccco1. The third-order valence-electron chi connectivity index (χ3n) is 3.22. The minimum atomic E-state index is -0.470. The van der Waals surface area contributed by atoms with Crippen LogP contribution in [0.15, 0.2) is 22.8 Å². The molecule has 0 aliphatic carbocycles. The van der Waals surface area contributed by atoms with Crippen molar-refractivity contribution in [3.8, 4) is 0 Å². The van der Waals surface area contributed by atoms with Crippen molar-refractivity contribution in [2.45, 2.75) is 58.2 Å². The van der Waals surface area contributed by atoms with E-state index in [0.29, 0.717) is 13.2 Å². The third kappa shape index (κ3) is 8.62. The molecule has 1 aromatic heterocycles. The first-order valence-electron chi connectivity index (χ1n) is 8.07. The molecule has 0 saturated heterocycles. The van der Waals surface area contributed by atoms with Gasteiger partial charge in [-0.3, -0.25) is 0 Å². The molecular weight excluding hydrogens is 296 g/mol. The standard InChI is InChI=1S/C17H30N2O4/c1-13(15-9-7-11-22-15)19-14(12-21-5)8-6-10-18-16(20)23-17(2,3)4/h7,9,11,13-14,19H,6,8,10,12H2,1-5H3,(H,18,20)/t13-,14?/m1/s1. The normalized spacial score (nSPS) is 14.3. The number of hydrogen-bond acceptors (Lipinski definition) is 5. The summed E-state index contributed by atoms with van der Waals surface area (Å²) in [5.41, 5.74) is -0.470. The van der Waals surface area contributed by atoms with Gasteiger partial charge < -0.3 is 24.5 Å². The number of methoxy groups -OCH3 is 1. The van der Waals surface area contributed by atoms with E-state index in [0.717, 1.165) is 18.6 Å². The quantitative estimate of drug-likeness (QED) is 0.682. The summed E-state index contributed by atoms with van der Waals surface area (Å²) in [7, 11) is 1.69. The lowest BCUT2D eigenvalue weighted by Gasteiger charge is -2.22. The Bertz CT molecular complexity index is 440. The average Bonchev–Trinajstić information content (AvgIpc) is 2.95. The summed E-state index contributed by atoms with van der Waals surface area (Å²) in [4.78, 5) is 11.6. The first-order chi connectivity index (χ1) is 10.8. The maximum absolute atomic E-state index is 11.6. The van der Waals surface area contributed by atoms with Gasteiger partial charge in [0.05, 0.1) is 18.9 Å². The highest BCUT2D eigenvalue weighted by atomic mass is 16.6. The number of hydrogen-bond donors (Lipinski definition) is 2. The van der Waals surface area contributed by atoms with Gasteiger partial charge >= 0.3 is 6.09 Å². The molecule has 6 heteroatoms. The Morgan fingerprint density at radius 2 is 2.13 bits per heavy atom. The predicted molar refractivity (Wildman–Crippen MR) is 89.4 cm³/mol. The third-order valence-corrected chi connectivity index (χ3v) is 3.22. The van der Waals surface area contributed by atoms with Crippen LogP contribution in [0.5, 0.6) is 0 Å². The summed E-state index contributed by atoms with van der Waals surface area (Å²) >= 11 is 0. The van der Waals surface area contributed by atoms with Crippen molar-refractivity contribution in [1.29, 1.82) is 0 Å². The van der Waals surface area contributed by atoms with Crippen molar-refractivity contribution in [2.75, 3.05) is 20.3 Å². The van der Waals surface area contributed by atoms with E-state index < -0.39 is 5.60 Å². The van der Waals surface area contributed by atoms with Gasteiger partial charge in [0.1, 0.15) is 11.4 Å². The van der Waals surface area contributed by atoms with E-state index in [1.807, 2.05) is 32.9 Å². The number of rotatable bonds is 9. The zero-order chi connectivity index (χ0) is 17.3. The minimum Gasteiger partial charge on any atom is -0.468 e. The van der Waals surface area contributed by atoms with Gasteiger partial charge in [-0.1, -0.05) is 0 Å². The largest absolute Gasteiger partial charge is 0.468 e. The molecule has 132 valence electrons. The van der Waals surface area contributed by atoms with E-state index in [1.54, 1.807) is 13.4 Å². The molecule has 0 fully saturated rings. The fourth-order valence-corrected chi connectivity index (χ4v) is 2.24. The van der Waals surface area contributed by atoms with Crippen LogP contribution in [0.2, 0.25) is 0 Å². The second-order valence-electron chi connectivity index (χ2n) is 6.63. The lowest BCUT2D eigenvalue weighted by Crippen LogP contribution is -2.37. The van der Waals surface area contributed by atoms with Crippen LogP contribution in [0, 0.1) is 0 Å². The van der Waals surface area contributed by atoms with Crippen LogP contribution in [0.1, 0.15) is 52.3 Å². The molecule has 0 aliphatic rings. The number of furan rings is 1. The van der Waals surface area contributed by atoms with Crippen molar-refractivity contribution in [3.63, 3.8) is 0 Å². The average molecular weight is 326 g/mol. The second-order valence-corrected chi connectivity index (χ2v) is 6.63. The monoisotopic (exact) mass is 326 g/mol. The number of amides is 1. The smallest absolute Gasteiger partial charge is 0.407 e. The zero-order valence-corrected chi connectivity index (χ0v) is 14.8. The van der Waals surface area contributed by atoms with Crippen LogP contribution in [0.25, 0.3) is 0 Å². The Morgan fingerprint density at radius 3 is 2.70 bits per heavy atom. The Hall–Kier alpha value is -1.53. The molecular formula is C17H30N2O4. The second kappa shape index (κ2) is 9.57. The molecule has 1 rings (SSSR count). The molecule has 1 amide bonds. The topological polar surface area (TPSA) is 72.7 Å². The molecule has 1 unspecified atom stereocenters. The lowest BCUT2D eigenvalue weighted by atomic mass is 10.1. The highest BCUT2D eigenvalue weighted by Crippen LogP contribution is 2.14. The van der Waals surface area contributed by atoms with Crippen LogP contribution in [0.3, 0.4) is 0 Å². The van der Waals surface area contributed by atoms with Crippen LogP contribution in [-0.4, -0.2) is 38.0 Å². The van der Waals surface area contributed by atoms with Gasteiger partial charge in [-0.25, -0.2) is 4.79 Å². The molecule has 23 heavy (non-hydrogen) atoms. The first-order valence-corrected chi connectivity index (χ1v) is 8.07. The molecule has 0 bridgehead atoms. The molecule has 1 heterocycles. The maximum atomic E-state index is 11.6.